The largest absolute Gasteiger partial charge is 0.322 e. The Labute approximate surface area is 174 Å². The van der Waals surface area contributed by atoms with Crippen LogP contribution in [0.4, 0.5) is 5.69 Å². The fourth-order valence-corrected chi connectivity index (χ4v) is 3.20. The summed E-state index contributed by atoms with van der Waals surface area (Å²) in [5, 5.41) is 11.9. The average molecular weight is 403 g/mol. The molecule has 4 rings (SSSR count). The summed E-state index contributed by atoms with van der Waals surface area (Å²) < 4.78 is 1.73. The van der Waals surface area contributed by atoms with E-state index in [4.69, 9.17) is 11.6 Å². The summed E-state index contributed by atoms with van der Waals surface area (Å²) in [7, 11) is 0. The van der Waals surface area contributed by atoms with Gasteiger partial charge in [0.2, 0.25) is 0 Å². The lowest BCUT2D eigenvalue weighted by atomic mass is 10.1. The Kier molecular flexibility index (Phi) is 5.14. The lowest BCUT2D eigenvalue weighted by Crippen LogP contribution is -2.13. The molecule has 1 amide bonds. The number of hydrogen-bond donors (Lipinski definition) is 1. The van der Waals surface area contributed by atoms with Gasteiger partial charge in [0.25, 0.3) is 5.91 Å². The maximum absolute atomic E-state index is 12.6. The summed E-state index contributed by atoms with van der Waals surface area (Å²) in [6.45, 7) is 4.02. The van der Waals surface area contributed by atoms with Crippen molar-refractivity contribution in [1.82, 2.24) is 15.0 Å². The molecular weight excluding hydrogens is 384 g/mol. The van der Waals surface area contributed by atoms with E-state index in [1.165, 1.54) is 0 Å². The van der Waals surface area contributed by atoms with E-state index in [0.717, 1.165) is 33.8 Å². The highest BCUT2D eigenvalue weighted by Gasteiger charge is 2.12. The minimum absolute atomic E-state index is 0.151. The van der Waals surface area contributed by atoms with Crippen molar-refractivity contribution in [2.45, 2.75) is 13.8 Å². The van der Waals surface area contributed by atoms with Crippen LogP contribution in [0.3, 0.4) is 0 Å². The number of amides is 1. The molecule has 0 aliphatic rings. The van der Waals surface area contributed by atoms with E-state index < -0.39 is 0 Å². The molecule has 1 N–H and O–H groups in total. The summed E-state index contributed by atoms with van der Waals surface area (Å²) in [5.74, 6) is -0.151. The van der Waals surface area contributed by atoms with E-state index >= 15 is 0 Å². The molecule has 0 unspecified atom stereocenters. The number of nitrogens with one attached hydrogen (secondary N) is 1. The third-order valence-electron chi connectivity index (χ3n) is 4.92. The van der Waals surface area contributed by atoms with Gasteiger partial charge in [0.15, 0.2) is 0 Å². The van der Waals surface area contributed by atoms with Crippen molar-refractivity contribution in [3.63, 3.8) is 0 Å². The summed E-state index contributed by atoms with van der Waals surface area (Å²) >= 11 is 5.98. The fraction of sp³-hybridized carbons (Fsp3) is 0.0870. The van der Waals surface area contributed by atoms with Gasteiger partial charge in [-0.1, -0.05) is 41.1 Å². The molecule has 0 fully saturated rings. The molecule has 0 aliphatic carbocycles. The number of aryl methyl sites for hydroxylation is 1. The molecule has 144 valence electrons. The first-order valence-electron chi connectivity index (χ1n) is 9.17. The SMILES string of the molecule is Cc1cccc(NC(=O)c2ccc(-n3nncc3-c3ccc(Cl)cc3)cc2)c1C. The normalized spacial score (nSPS) is 10.7. The lowest BCUT2D eigenvalue weighted by molar-refractivity contribution is 0.102. The minimum atomic E-state index is -0.151. The summed E-state index contributed by atoms with van der Waals surface area (Å²) in [6, 6.07) is 20.6. The number of nitrogens with zero attached hydrogens (tertiary/aromatic N) is 3. The van der Waals surface area contributed by atoms with Crippen LogP contribution < -0.4 is 5.32 Å². The van der Waals surface area contributed by atoms with Crippen LogP contribution in [0.25, 0.3) is 16.9 Å². The minimum Gasteiger partial charge on any atom is -0.322 e. The third kappa shape index (κ3) is 3.91. The number of benzene rings is 3. The number of carbonyl (C=O) groups excluding carboxylic acids is 1. The lowest BCUT2D eigenvalue weighted by Gasteiger charge is -2.11. The van der Waals surface area contributed by atoms with Crippen molar-refractivity contribution >= 4 is 23.2 Å². The van der Waals surface area contributed by atoms with Crippen LogP contribution in [-0.2, 0) is 0 Å². The van der Waals surface area contributed by atoms with Gasteiger partial charge in [-0.25, -0.2) is 4.68 Å². The molecule has 1 aromatic heterocycles. The highest BCUT2D eigenvalue weighted by Crippen LogP contribution is 2.24. The second kappa shape index (κ2) is 7.89. The van der Waals surface area contributed by atoms with Gasteiger partial charge >= 0.3 is 0 Å². The molecule has 0 spiro atoms. The monoisotopic (exact) mass is 402 g/mol. The quantitative estimate of drug-likeness (QED) is 0.493. The van der Waals surface area contributed by atoms with Gasteiger partial charge in [-0.2, -0.15) is 0 Å². The van der Waals surface area contributed by atoms with Gasteiger partial charge in [-0.15, -0.1) is 5.10 Å². The summed E-state index contributed by atoms with van der Waals surface area (Å²) in [6.07, 6.45) is 1.70. The Morgan fingerprint density at radius 2 is 1.69 bits per heavy atom. The first-order valence-corrected chi connectivity index (χ1v) is 9.55. The third-order valence-corrected chi connectivity index (χ3v) is 5.17. The van der Waals surface area contributed by atoms with Gasteiger partial charge in [0.1, 0.15) is 0 Å². The molecule has 6 heteroatoms. The number of hydrogen-bond acceptors (Lipinski definition) is 3. The molecular formula is C23H19ClN4O. The molecule has 0 saturated carbocycles. The smallest absolute Gasteiger partial charge is 0.255 e. The zero-order valence-corrected chi connectivity index (χ0v) is 16.8. The van der Waals surface area contributed by atoms with Crippen molar-refractivity contribution in [3.05, 3.63) is 94.6 Å². The molecule has 5 nitrogen and oxygen atoms in total. The second-order valence-corrected chi connectivity index (χ2v) is 7.22. The van der Waals surface area contributed by atoms with Crippen LogP contribution in [0, 0.1) is 13.8 Å². The first-order chi connectivity index (χ1) is 14.0. The second-order valence-electron chi connectivity index (χ2n) is 6.79. The van der Waals surface area contributed by atoms with Crippen LogP contribution in [0.5, 0.6) is 0 Å². The number of carbonyl (C=O) groups is 1. The van der Waals surface area contributed by atoms with E-state index in [-0.39, 0.29) is 5.91 Å². The maximum Gasteiger partial charge on any atom is 0.255 e. The molecule has 0 aliphatic heterocycles. The Morgan fingerprint density at radius 1 is 0.966 bits per heavy atom. The van der Waals surface area contributed by atoms with E-state index in [1.807, 2.05) is 68.4 Å². The Hall–Kier alpha value is -3.44. The number of halogens is 1. The van der Waals surface area contributed by atoms with Gasteiger partial charge in [0, 0.05) is 21.8 Å². The molecule has 0 atom stereocenters. The van der Waals surface area contributed by atoms with Crippen LogP contribution >= 0.6 is 11.6 Å². The predicted octanol–water partition coefficient (Wildman–Crippen LogP) is 5.46. The average Bonchev–Trinajstić information content (AvgIpc) is 3.22. The molecule has 29 heavy (non-hydrogen) atoms. The zero-order valence-electron chi connectivity index (χ0n) is 16.1. The molecule has 0 saturated heterocycles. The summed E-state index contributed by atoms with van der Waals surface area (Å²) in [4.78, 5) is 12.6. The van der Waals surface area contributed by atoms with E-state index in [1.54, 1.807) is 23.0 Å². The summed E-state index contributed by atoms with van der Waals surface area (Å²) in [5.41, 5.74) is 6.20. The number of aromatic nitrogens is 3. The molecule has 0 bridgehead atoms. The molecule has 0 radical (unpaired) electrons. The molecule has 3 aromatic carbocycles. The molecule has 1 heterocycles. The van der Waals surface area contributed by atoms with Crippen molar-refractivity contribution < 1.29 is 4.79 Å². The number of anilines is 1. The highest BCUT2D eigenvalue weighted by atomic mass is 35.5. The van der Waals surface area contributed by atoms with Crippen molar-refractivity contribution in [2.24, 2.45) is 0 Å². The van der Waals surface area contributed by atoms with Crippen LogP contribution in [0.1, 0.15) is 21.5 Å². The maximum atomic E-state index is 12.6. The fourth-order valence-electron chi connectivity index (χ4n) is 3.08. The van der Waals surface area contributed by atoms with Crippen molar-refractivity contribution in [3.8, 4) is 16.9 Å². The van der Waals surface area contributed by atoms with Gasteiger partial charge in [0.05, 0.1) is 17.6 Å². The predicted molar refractivity (Wildman–Crippen MR) is 116 cm³/mol. The first kappa shape index (κ1) is 18.9. The standard InChI is InChI=1S/C23H19ClN4O/c1-15-4-3-5-21(16(15)2)26-23(29)18-8-12-20(13-9-18)28-22(14-25-27-28)17-6-10-19(24)11-7-17/h3-14H,1-2H3,(H,26,29). The van der Waals surface area contributed by atoms with Crippen molar-refractivity contribution in [2.75, 3.05) is 5.32 Å². The van der Waals surface area contributed by atoms with E-state index in [2.05, 4.69) is 15.6 Å². The van der Waals surface area contributed by atoms with Crippen LogP contribution in [-0.4, -0.2) is 20.9 Å². The van der Waals surface area contributed by atoms with Crippen LogP contribution in [0.15, 0.2) is 72.9 Å². The Morgan fingerprint density at radius 3 is 2.41 bits per heavy atom. The van der Waals surface area contributed by atoms with Gasteiger partial charge in [-0.3, -0.25) is 4.79 Å². The topological polar surface area (TPSA) is 59.8 Å². The van der Waals surface area contributed by atoms with E-state index in [9.17, 15) is 4.79 Å². The Bertz CT molecular complexity index is 1160. The van der Waals surface area contributed by atoms with Crippen LogP contribution in [0.2, 0.25) is 5.02 Å². The van der Waals surface area contributed by atoms with Gasteiger partial charge in [-0.05, 0) is 67.4 Å². The zero-order chi connectivity index (χ0) is 20.4. The molecule has 4 aromatic rings. The highest BCUT2D eigenvalue weighted by molar-refractivity contribution is 6.30. The van der Waals surface area contributed by atoms with Crippen molar-refractivity contribution in [1.29, 1.82) is 0 Å². The van der Waals surface area contributed by atoms with Gasteiger partial charge < -0.3 is 5.32 Å². The van der Waals surface area contributed by atoms with E-state index in [0.29, 0.717) is 10.6 Å². The Balaban J connectivity index is 1.57. The number of rotatable bonds is 4.